The van der Waals surface area contributed by atoms with Crippen molar-refractivity contribution in [3.05, 3.63) is 79.9 Å². The van der Waals surface area contributed by atoms with E-state index >= 15 is 0 Å². The van der Waals surface area contributed by atoms with Gasteiger partial charge in [-0.05, 0) is 36.8 Å². The fourth-order valence-corrected chi connectivity index (χ4v) is 3.13. The first-order chi connectivity index (χ1) is 12.0. The maximum absolute atomic E-state index is 12.1. The minimum Gasteiger partial charge on any atom is -0.361 e. The fourth-order valence-electron chi connectivity index (χ4n) is 2.76. The topological polar surface area (TPSA) is 76.0 Å². The van der Waals surface area contributed by atoms with Gasteiger partial charge < -0.3 is 4.98 Å². The number of nitrogens with one attached hydrogen (secondary N) is 1. The van der Waals surface area contributed by atoms with Crippen molar-refractivity contribution in [1.29, 1.82) is 0 Å². The number of Topliss-reactive ketones (excluding diaryl/α,β-unsaturated/α-hetero) is 1. The number of carbonyl (C=O) groups excluding carboxylic acids is 1. The Hall–Kier alpha value is -2.73. The third-order valence-corrected chi connectivity index (χ3v) is 4.52. The molecular formula is C19H15BrN2O3. The summed E-state index contributed by atoms with van der Waals surface area (Å²) in [7, 11) is 0. The molecule has 3 aromatic rings. The molecule has 6 heteroatoms. The Bertz CT molecular complexity index is 1000. The second kappa shape index (κ2) is 7.03. The Balaban J connectivity index is 2.05. The number of hydrogen-bond acceptors (Lipinski definition) is 3. The Kier molecular flexibility index (Phi) is 4.81. The van der Waals surface area contributed by atoms with Gasteiger partial charge in [-0.3, -0.25) is 14.9 Å². The zero-order chi connectivity index (χ0) is 18.0. The van der Waals surface area contributed by atoms with E-state index in [1.54, 1.807) is 18.2 Å². The number of halogens is 1. The van der Waals surface area contributed by atoms with E-state index in [1.165, 1.54) is 13.0 Å². The summed E-state index contributed by atoms with van der Waals surface area (Å²) < 4.78 is 0.722. The van der Waals surface area contributed by atoms with Crippen molar-refractivity contribution >= 4 is 44.4 Å². The van der Waals surface area contributed by atoms with Crippen LogP contribution in [0.2, 0.25) is 0 Å². The van der Waals surface area contributed by atoms with Crippen molar-refractivity contribution in [3.8, 4) is 0 Å². The van der Waals surface area contributed by atoms with Crippen molar-refractivity contribution in [2.75, 3.05) is 0 Å². The predicted molar refractivity (Wildman–Crippen MR) is 101 cm³/mol. The Morgan fingerprint density at radius 3 is 2.76 bits per heavy atom. The van der Waals surface area contributed by atoms with Crippen LogP contribution in [0.4, 0.5) is 5.69 Å². The average Bonchev–Trinajstić information content (AvgIpc) is 2.97. The van der Waals surface area contributed by atoms with Crippen LogP contribution in [0.1, 0.15) is 18.1 Å². The zero-order valence-electron chi connectivity index (χ0n) is 13.5. The summed E-state index contributed by atoms with van der Waals surface area (Å²) in [6.07, 6.45) is 3.88. The molecule has 0 bridgehead atoms. The van der Waals surface area contributed by atoms with Gasteiger partial charge in [-0.1, -0.05) is 34.1 Å². The van der Waals surface area contributed by atoms with Crippen LogP contribution in [-0.4, -0.2) is 15.7 Å². The highest BCUT2D eigenvalue weighted by Crippen LogP contribution is 2.27. The van der Waals surface area contributed by atoms with Crippen molar-refractivity contribution in [1.82, 2.24) is 4.98 Å². The number of nitro groups is 1. The monoisotopic (exact) mass is 398 g/mol. The van der Waals surface area contributed by atoms with Gasteiger partial charge in [0, 0.05) is 39.6 Å². The van der Waals surface area contributed by atoms with Crippen molar-refractivity contribution in [3.63, 3.8) is 0 Å². The lowest BCUT2D eigenvalue weighted by molar-refractivity contribution is -0.385. The maximum atomic E-state index is 12.1. The smallest absolute Gasteiger partial charge is 0.276 e. The molecule has 0 saturated heterocycles. The number of aromatic nitrogens is 1. The lowest BCUT2D eigenvalue weighted by Crippen LogP contribution is -2.01. The molecular weight excluding hydrogens is 384 g/mol. The van der Waals surface area contributed by atoms with Crippen molar-refractivity contribution < 1.29 is 9.72 Å². The lowest BCUT2D eigenvalue weighted by atomic mass is 9.99. The van der Waals surface area contributed by atoms with Crippen LogP contribution >= 0.6 is 15.9 Å². The number of benzene rings is 2. The minimum atomic E-state index is -0.443. The van der Waals surface area contributed by atoms with E-state index in [0.29, 0.717) is 17.6 Å². The normalized spacial score (nSPS) is 11.7. The van der Waals surface area contributed by atoms with E-state index in [9.17, 15) is 14.9 Å². The number of nitro benzene ring substituents is 1. The number of aromatic amines is 1. The number of H-pyrrole nitrogens is 1. The molecule has 0 saturated carbocycles. The first-order valence-corrected chi connectivity index (χ1v) is 8.45. The molecule has 3 rings (SSSR count). The number of para-hydroxylation sites is 1. The first-order valence-electron chi connectivity index (χ1n) is 7.66. The van der Waals surface area contributed by atoms with Crippen LogP contribution in [0, 0.1) is 10.1 Å². The van der Waals surface area contributed by atoms with Gasteiger partial charge in [0.15, 0.2) is 5.78 Å². The maximum Gasteiger partial charge on any atom is 0.276 e. The van der Waals surface area contributed by atoms with E-state index in [0.717, 1.165) is 20.9 Å². The molecule has 0 unspecified atom stereocenters. The highest BCUT2D eigenvalue weighted by molar-refractivity contribution is 9.10. The molecule has 25 heavy (non-hydrogen) atoms. The Morgan fingerprint density at radius 2 is 2.04 bits per heavy atom. The molecule has 1 aromatic heterocycles. The summed E-state index contributed by atoms with van der Waals surface area (Å²) in [6.45, 7) is 1.48. The lowest BCUT2D eigenvalue weighted by Gasteiger charge is -2.05. The van der Waals surface area contributed by atoms with Gasteiger partial charge in [-0.15, -0.1) is 0 Å². The molecule has 0 fully saturated rings. The molecule has 0 aliphatic heterocycles. The highest BCUT2D eigenvalue weighted by Gasteiger charge is 2.15. The SMILES string of the molecule is CC(=O)/C(=C/c1cc(Br)ccc1[N+](=O)[O-])Cc1c[nH]c2ccccc12. The minimum absolute atomic E-state index is 0.0270. The van der Waals surface area contributed by atoms with E-state index in [4.69, 9.17) is 0 Å². The third-order valence-electron chi connectivity index (χ3n) is 4.02. The number of ketones is 1. The molecule has 2 aromatic carbocycles. The summed E-state index contributed by atoms with van der Waals surface area (Å²) >= 11 is 3.32. The van der Waals surface area contributed by atoms with Crippen molar-refractivity contribution in [2.45, 2.75) is 13.3 Å². The summed E-state index contributed by atoms with van der Waals surface area (Å²) in [6, 6.07) is 12.5. The Labute approximate surface area is 152 Å². The van der Waals surface area contributed by atoms with Crippen LogP contribution in [0.25, 0.3) is 17.0 Å². The molecule has 0 atom stereocenters. The first kappa shape index (κ1) is 17.1. The summed E-state index contributed by atoms with van der Waals surface area (Å²) in [5.74, 6) is -0.112. The van der Waals surface area contributed by atoms with E-state index < -0.39 is 4.92 Å². The van der Waals surface area contributed by atoms with Gasteiger partial charge in [0.05, 0.1) is 10.5 Å². The van der Waals surface area contributed by atoms with Gasteiger partial charge in [-0.25, -0.2) is 0 Å². The molecule has 0 aliphatic carbocycles. The molecule has 5 nitrogen and oxygen atoms in total. The molecule has 0 spiro atoms. The molecule has 0 radical (unpaired) electrons. The standard InChI is InChI=1S/C19H15BrN2O3/c1-12(23)13(8-14-10-16(20)6-7-19(14)22(24)25)9-15-11-21-18-5-3-2-4-17(15)18/h2-8,10-11,21H,9H2,1H3/b13-8+. The summed E-state index contributed by atoms with van der Waals surface area (Å²) in [5, 5.41) is 12.3. The number of allylic oxidation sites excluding steroid dienone is 1. The number of fused-ring (bicyclic) bond motifs is 1. The predicted octanol–water partition coefficient (Wildman–Crippen LogP) is 5.05. The van der Waals surface area contributed by atoms with E-state index in [2.05, 4.69) is 20.9 Å². The summed E-state index contributed by atoms with van der Waals surface area (Å²) in [5.41, 5.74) is 2.87. The van der Waals surface area contributed by atoms with Gasteiger partial charge in [0.1, 0.15) is 0 Å². The second-order valence-electron chi connectivity index (χ2n) is 5.72. The van der Waals surface area contributed by atoms with Crippen molar-refractivity contribution in [2.24, 2.45) is 0 Å². The van der Waals surface area contributed by atoms with Gasteiger partial charge in [-0.2, -0.15) is 0 Å². The highest BCUT2D eigenvalue weighted by atomic mass is 79.9. The van der Waals surface area contributed by atoms with Crippen LogP contribution < -0.4 is 0 Å². The van der Waals surface area contributed by atoms with Crippen LogP contribution in [0.3, 0.4) is 0 Å². The molecule has 0 amide bonds. The second-order valence-corrected chi connectivity index (χ2v) is 6.64. The fraction of sp³-hybridized carbons (Fsp3) is 0.105. The number of carbonyl (C=O) groups is 1. The van der Waals surface area contributed by atoms with Gasteiger partial charge in [0.25, 0.3) is 5.69 Å². The average molecular weight is 399 g/mol. The quantitative estimate of drug-likeness (QED) is 0.370. The van der Waals surface area contributed by atoms with Gasteiger partial charge >= 0.3 is 0 Å². The molecule has 1 N–H and O–H groups in total. The number of rotatable bonds is 5. The van der Waals surface area contributed by atoms with E-state index in [1.807, 2.05) is 30.5 Å². The largest absolute Gasteiger partial charge is 0.361 e. The van der Waals surface area contributed by atoms with Crippen LogP contribution in [0.5, 0.6) is 0 Å². The molecule has 1 heterocycles. The van der Waals surface area contributed by atoms with Crippen LogP contribution in [-0.2, 0) is 11.2 Å². The number of nitrogens with zero attached hydrogens (tertiary/aromatic N) is 1. The summed E-state index contributed by atoms with van der Waals surface area (Å²) in [4.78, 5) is 26.1. The van der Waals surface area contributed by atoms with Gasteiger partial charge in [0.2, 0.25) is 0 Å². The van der Waals surface area contributed by atoms with Crippen LogP contribution in [0.15, 0.2) is 58.7 Å². The third kappa shape index (κ3) is 3.69. The zero-order valence-corrected chi connectivity index (χ0v) is 15.0. The number of hydrogen-bond donors (Lipinski definition) is 1. The molecule has 126 valence electrons. The Morgan fingerprint density at radius 1 is 1.28 bits per heavy atom. The molecule has 0 aliphatic rings. The van der Waals surface area contributed by atoms with E-state index in [-0.39, 0.29) is 11.5 Å².